The Morgan fingerprint density at radius 1 is 1.10 bits per heavy atom. The third-order valence-corrected chi connectivity index (χ3v) is 5.47. The van der Waals surface area contributed by atoms with E-state index < -0.39 is 0 Å². The molecule has 0 saturated carbocycles. The summed E-state index contributed by atoms with van der Waals surface area (Å²) in [7, 11) is 0. The lowest BCUT2D eigenvalue weighted by Gasteiger charge is -2.37. The van der Waals surface area contributed by atoms with Gasteiger partial charge in [-0.25, -0.2) is 0 Å². The normalized spacial score (nSPS) is 16.3. The molecule has 2 aromatic carbocycles. The summed E-state index contributed by atoms with van der Waals surface area (Å²) in [6.45, 7) is 9.16. The Bertz CT molecular complexity index is 956. The van der Waals surface area contributed by atoms with Gasteiger partial charge in [0.05, 0.1) is 12.6 Å². The Labute approximate surface area is 183 Å². The van der Waals surface area contributed by atoms with Gasteiger partial charge in [-0.15, -0.1) is 0 Å². The van der Waals surface area contributed by atoms with E-state index in [1.54, 1.807) is 6.92 Å². The number of thiocarbonyl (C=S) groups is 1. The summed E-state index contributed by atoms with van der Waals surface area (Å²) < 4.78 is 11.9. The van der Waals surface area contributed by atoms with Crippen molar-refractivity contribution in [1.29, 1.82) is 0 Å². The van der Waals surface area contributed by atoms with Crippen molar-refractivity contribution in [2.45, 2.75) is 40.3 Å². The summed E-state index contributed by atoms with van der Waals surface area (Å²) in [5, 5.41) is 3.94. The molecule has 1 aliphatic rings. The lowest BCUT2D eigenvalue weighted by atomic mass is 9.92. The van der Waals surface area contributed by atoms with Crippen LogP contribution in [-0.4, -0.2) is 28.9 Å². The van der Waals surface area contributed by atoms with Crippen molar-refractivity contribution in [3.05, 3.63) is 70.9 Å². The molecule has 0 bridgehead atoms. The number of allylic oxidation sites excluding steroid dienone is 1. The maximum atomic E-state index is 12.5. The molecule has 3 rings (SSSR count). The highest BCUT2D eigenvalue weighted by molar-refractivity contribution is 7.80. The average Bonchev–Trinajstić information content (AvgIpc) is 2.73. The summed E-state index contributed by atoms with van der Waals surface area (Å²) in [6.07, 6.45) is 0. The lowest BCUT2D eigenvalue weighted by Crippen LogP contribution is -2.47. The van der Waals surface area contributed by atoms with E-state index in [1.807, 2.05) is 74.2 Å². The highest BCUT2D eigenvalue weighted by Gasteiger charge is 2.32. The number of nitrogens with one attached hydrogen (secondary N) is 1. The standard InChI is InChI=1S/C24H28N2O3S/c1-5-26-16(3)22(17(4)27)23(25-24(26)30)19-12-13-20(21(14-19)28-6-2)29-15-18-10-8-7-9-11-18/h7-14,23H,5-6,15H2,1-4H3,(H,25,30). The van der Waals surface area contributed by atoms with Crippen LogP contribution in [0.4, 0.5) is 0 Å². The fraction of sp³-hybridized carbons (Fsp3) is 0.333. The van der Waals surface area contributed by atoms with Crippen LogP contribution in [0, 0.1) is 0 Å². The summed E-state index contributed by atoms with van der Waals surface area (Å²) >= 11 is 5.54. The van der Waals surface area contributed by atoms with Crippen LogP contribution in [0.2, 0.25) is 0 Å². The number of ketones is 1. The number of hydrogen-bond donors (Lipinski definition) is 1. The monoisotopic (exact) mass is 424 g/mol. The van der Waals surface area contributed by atoms with E-state index in [0.717, 1.165) is 16.8 Å². The molecule has 6 heteroatoms. The maximum Gasteiger partial charge on any atom is 0.173 e. The molecule has 1 unspecified atom stereocenters. The molecule has 5 nitrogen and oxygen atoms in total. The molecule has 0 radical (unpaired) electrons. The van der Waals surface area contributed by atoms with Gasteiger partial charge in [0.1, 0.15) is 6.61 Å². The Hall–Kier alpha value is -2.86. The van der Waals surface area contributed by atoms with Crippen molar-refractivity contribution < 1.29 is 14.3 Å². The van der Waals surface area contributed by atoms with E-state index in [0.29, 0.717) is 41.9 Å². The van der Waals surface area contributed by atoms with Crippen molar-refractivity contribution in [3.63, 3.8) is 0 Å². The molecule has 1 aliphatic heterocycles. The second-order valence-electron chi connectivity index (χ2n) is 7.10. The number of carbonyl (C=O) groups is 1. The first-order chi connectivity index (χ1) is 14.5. The van der Waals surface area contributed by atoms with Gasteiger partial charge < -0.3 is 19.7 Å². The fourth-order valence-electron chi connectivity index (χ4n) is 3.70. The molecule has 158 valence electrons. The van der Waals surface area contributed by atoms with Gasteiger partial charge in [-0.2, -0.15) is 0 Å². The van der Waals surface area contributed by atoms with Crippen LogP contribution >= 0.6 is 12.2 Å². The predicted octanol–water partition coefficient (Wildman–Crippen LogP) is 4.78. The van der Waals surface area contributed by atoms with Crippen molar-refractivity contribution in [3.8, 4) is 11.5 Å². The van der Waals surface area contributed by atoms with Gasteiger partial charge >= 0.3 is 0 Å². The molecule has 1 atom stereocenters. The maximum absolute atomic E-state index is 12.5. The van der Waals surface area contributed by atoms with Crippen LogP contribution in [0.3, 0.4) is 0 Å². The van der Waals surface area contributed by atoms with Crippen LogP contribution in [0.1, 0.15) is 44.9 Å². The molecular formula is C24H28N2O3S. The molecule has 0 fully saturated rings. The summed E-state index contributed by atoms with van der Waals surface area (Å²) in [4.78, 5) is 14.4. The Kier molecular flexibility index (Phi) is 7.11. The molecule has 0 spiro atoms. The Morgan fingerprint density at radius 2 is 1.83 bits per heavy atom. The first kappa shape index (κ1) is 21.8. The van der Waals surface area contributed by atoms with Crippen molar-refractivity contribution in [1.82, 2.24) is 10.2 Å². The third kappa shape index (κ3) is 4.65. The second kappa shape index (κ2) is 9.76. The number of Topliss-reactive ketones (excluding diaryl/α,β-unsaturated/α-hetero) is 1. The molecule has 0 aromatic heterocycles. The van der Waals surface area contributed by atoms with Crippen LogP contribution < -0.4 is 14.8 Å². The zero-order valence-electron chi connectivity index (χ0n) is 17.9. The minimum Gasteiger partial charge on any atom is -0.490 e. The number of nitrogens with zero attached hydrogens (tertiary/aromatic N) is 1. The van der Waals surface area contributed by atoms with Gasteiger partial charge in [-0.1, -0.05) is 36.4 Å². The van der Waals surface area contributed by atoms with E-state index >= 15 is 0 Å². The van der Waals surface area contributed by atoms with Crippen molar-refractivity contribution in [2.75, 3.05) is 13.2 Å². The van der Waals surface area contributed by atoms with E-state index in [4.69, 9.17) is 21.7 Å². The first-order valence-corrected chi connectivity index (χ1v) is 10.6. The number of hydrogen-bond acceptors (Lipinski definition) is 4. The van der Waals surface area contributed by atoms with E-state index in [1.165, 1.54) is 0 Å². The van der Waals surface area contributed by atoms with Gasteiger partial charge in [0.25, 0.3) is 0 Å². The van der Waals surface area contributed by atoms with Crippen LogP contribution in [0.5, 0.6) is 11.5 Å². The van der Waals surface area contributed by atoms with Crippen LogP contribution in [0.15, 0.2) is 59.8 Å². The van der Waals surface area contributed by atoms with Gasteiger partial charge in [0, 0.05) is 17.8 Å². The number of benzene rings is 2. The largest absolute Gasteiger partial charge is 0.490 e. The van der Waals surface area contributed by atoms with Crippen molar-refractivity contribution in [2.24, 2.45) is 0 Å². The Balaban J connectivity index is 1.93. The molecule has 1 heterocycles. The number of ether oxygens (including phenoxy) is 2. The van der Waals surface area contributed by atoms with E-state index in [-0.39, 0.29) is 11.8 Å². The molecule has 30 heavy (non-hydrogen) atoms. The molecule has 2 aromatic rings. The van der Waals surface area contributed by atoms with Crippen LogP contribution in [0.25, 0.3) is 0 Å². The number of carbonyl (C=O) groups excluding carboxylic acids is 1. The molecule has 1 N–H and O–H groups in total. The van der Waals surface area contributed by atoms with Crippen LogP contribution in [-0.2, 0) is 11.4 Å². The van der Waals surface area contributed by atoms with Gasteiger partial charge in [-0.3, -0.25) is 4.79 Å². The quantitative estimate of drug-likeness (QED) is 0.616. The smallest absolute Gasteiger partial charge is 0.173 e. The minimum absolute atomic E-state index is 0.0216. The topological polar surface area (TPSA) is 50.8 Å². The Morgan fingerprint density at radius 3 is 2.47 bits per heavy atom. The second-order valence-corrected chi connectivity index (χ2v) is 7.48. The molecule has 0 saturated heterocycles. The van der Waals surface area contributed by atoms with E-state index in [9.17, 15) is 4.79 Å². The molecular weight excluding hydrogens is 396 g/mol. The van der Waals surface area contributed by atoms with Gasteiger partial charge in [-0.05, 0) is 63.2 Å². The molecule has 0 amide bonds. The highest BCUT2D eigenvalue weighted by atomic mass is 32.1. The van der Waals surface area contributed by atoms with Gasteiger partial charge in [0.2, 0.25) is 0 Å². The average molecular weight is 425 g/mol. The number of rotatable bonds is 8. The summed E-state index contributed by atoms with van der Waals surface area (Å²) in [5.41, 5.74) is 3.60. The zero-order chi connectivity index (χ0) is 21.7. The summed E-state index contributed by atoms with van der Waals surface area (Å²) in [6, 6.07) is 15.5. The predicted molar refractivity (Wildman–Crippen MR) is 123 cm³/mol. The zero-order valence-corrected chi connectivity index (χ0v) is 18.7. The minimum atomic E-state index is -0.319. The summed E-state index contributed by atoms with van der Waals surface area (Å²) in [5.74, 6) is 1.34. The highest BCUT2D eigenvalue weighted by Crippen LogP contribution is 2.36. The first-order valence-electron chi connectivity index (χ1n) is 10.2. The van der Waals surface area contributed by atoms with E-state index in [2.05, 4.69) is 5.32 Å². The van der Waals surface area contributed by atoms with Crippen molar-refractivity contribution >= 4 is 23.1 Å². The SMILES string of the molecule is CCOc1cc(C2NC(=S)N(CC)C(C)=C2C(C)=O)ccc1OCc1ccccc1. The molecule has 0 aliphatic carbocycles. The third-order valence-electron chi connectivity index (χ3n) is 5.13. The van der Waals surface area contributed by atoms with Gasteiger partial charge in [0.15, 0.2) is 22.4 Å². The lowest BCUT2D eigenvalue weighted by molar-refractivity contribution is -0.114. The fourth-order valence-corrected chi connectivity index (χ4v) is 4.08.